The highest BCUT2D eigenvalue weighted by atomic mass is 16.6. The van der Waals surface area contributed by atoms with Crippen molar-refractivity contribution in [2.75, 3.05) is 19.5 Å². The van der Waals surface area contributed by atoms with Gasteiger partial charge in [-0.25, -0.2) is 0 Å². The average molecular weight is 397 g/mol. The molecule has 0 aliphatic rings. The summed E-state index contributed by atoms with van der Waals surface area (Å²) in [6.07, 6.45) is 0. The molecule has 9 nitrogen and oxygen atoms in total. The first-order chi connectivity index (χ1) is 13.8. The maximum atomic E-state index is 12.7. The van der Waals surface area contributed by atoms with Crippen LogP contribution in [-0.2, 0) is 0 Å². The zero-order valence-electron chi connectivity index (χ0n) is 16.3. The Balaban J connectivity index is 2.03. The molecule has 0 saturated carbocycles. The standard InChI is InChI=1S/C20H19N3O6/c1-10-11(2)19(24)22-15-7-12(5-6-13(10)15)21-20(25)14-8-17(28-3)18(29-4)9-16(14)23(26)27/h5-9H,1-4H3,(H,21,25)(H,22,24). The Labute approximate surface area is 165 Å². The molecular formula is C20H19N3O6. The highest BCUT2D eigenvalue weighted by Crippen LogP contribution is 2.35. The molecule has 0 unspecified atom stereocenters. The van der Waals surface area contributed by atoms with Crippen molar-refractivity contribution in [3.63, 3.8) is 0 Å². The summed E-state index contributed by atoms with van der Waals surface area (Å²) < 4.78 is 10.2. The average Bonchev–Trinajstić information content (AvgIpc) is 2.70. The van der Waals surface area contributed by atoms with E-state index >= 15 is 0 Å². The van der Waals surface area contributed by atoms with E-state index in [9.17, 15) is 19.7 Å². The number of nitrogens with one attached hydrogen (secondary N) is 2. The highest BCUT2D eigenvalue weighted by Gasteiger charge is 2.24. The van der Waals surface area contributed by atoms with Crippen LogP contribution < -0.4 is 20.3 Å². The van der Waals surface area contributed by atoms with Crippen molar-refractivity contribution in [3.8, 4) is 11.5 Å². The Hall–Kier alpha value is -3.88. The van der Waals surface area contributed by atoms with E-state index in [1.54, 1.807) is 25.1 Å². The third kappa shape index (κ3) is 3.62. The second-order valence-electron chi connectivity index (χ2n) is 6.40. The predicted molar refractivity (Wildman–Crippen MR) is 108 cm³/mol. The number of methoxy groups -OCH3 is 2. The molecule has 3 aromatic rings. The fourth-order valence-electron chi connectivity index (χ4n) is 3.04. The predicted octanol–water partition coefficient (Wildman–Crippen LogP) is 3.32. The van der Waals surface area contributed by atoms with Crippen LogP contribution in [0, 0.1) is 24.0 Å². The number of aromatic nitrogens is 1. The number of rotatable bonds is 5. The Morgan fingerprint density at radius 3 is 2.34 bits per heavy atom. The van der Waals surface area contributed by atoms with Gasteiger partial charge in [-0.1, -0.05) is 6.07 Å². The van der Waals surface area contributed by atoms with Crippen molar-refractivity contribution in [1.29, 1.82) is 0 Å². The molecule has 3 rings (SSSR count). The van der Waals surface area contributed by atoms with E-state index in [2.05, 4.69) is 10.3 Å². The van der Waals surface area contributed by atoms with E-state index in [1.165, 1.54) is 20.3 Å². The zero-order valence-corrected chi connectivity index (χ0v) is 16.3. The summed E-state index contributed by atoms with van der Waals surface area (Å²) in [5.41, 5.74) is 1.59. The zero-order chi connectivity index (χ0) is 21.3. The van der Waals surface area contributed by atoms with Crippen molar-refractivity contribution in [2.24, 2.45) is 0 Å². The molecule has 29 heavy (non-hydrogen) atoms. The number of nitro groups is 1. The minimum absolute atomic E-state index is 0.143. The van der Waals surface area contributed by atoms with Crippen LogP contribution in [0.5, 0.6) is 11.5 Å². The van der Waals surface area contributed by atoms with Gasteiger partial charge in [-0.2, -0.15) is 0 Å². The normalized spacial score (nSPS) is 10.6. The molecule has 2 N–H and O–H groups in total. The van der Waals surface area contributed by atoms with Gasteiger partial charge < -0.3 is 19.8 Å². The maximum absolute atomic E-state index is 12.7. The van der Waals surface area contributed by atoms with Crippen LogP contribution in [0.1, 0.15) is 21.5 Å². The van der Waals surface area contributed by atoms with E-state index in [-0.39, 0.29) is 22.6 Å². The molecule has 0 spiro atoms. The number of hydrogen-bond acceptors (Lipinski definition) is 6. The number of carbonyl (C=O) groups excluding carboxylic acids is 1. The van der Waals surface area contributed by atoms with Gasteiger partial charge in [0.2, 0.25) is 0 Å². The van der Waals surface area contributed by atoms with Crippen LogP contribution in [0.3, 0.4) is 0 Å². The van der Waals surface area contributed by atoms with Gasteiger partial charge >= 0.3 is 0 Å². The molecule has 0 bridgehead atoms. The molecule has 1 aromatic heterocycles. The highest BCUT2D eigenvalue weighted by molar-refractivity contribution is 6.08. The molecule has 0 saturated heterocycles. The molecule has 150 valence electrons. The minimum Gasteiger partial charge on any atom is -0.493 e. The molecule has 0 fully saturated rings. The third-order valence-corrected chi connectivity index (χ3v) is 4.78. The maximum Gasteiger partial charge on any atom is 0.286 e. The first-order valence-corrected chi connectivity index (χ1v) is 8.61. The number of anilines is 1. The summed E-state index contributed by atoms with van der Waals surface area (Å²) in [5, 5.41) is 14.9. The van der Waals surface area contributed by atoms with Crippen LogP contribution in [0.15, 0.2) is 35.1 Å². The molecule has 0 aliphatic carbocycles. The Morgan fingerprint density at radius 2 is 1.72 bits per heavy atom. The number of aryl methyl sites for hydroxylation is 1. The molecule has 0 radical (unpaired) electrons. The number of nitro benzene ring substituents is 1. The van der Waals surface area contributed by atoms with Gasteiger partial charge in [-0.05, 0) is 31.5 Å². The van der Waals surface area contributed by atoms with E-state index in [0.29, 0.717) is 16.8 Å². The van der Waals surface area contributed by atoms with Gasteiger partial charge in [-0.3, -0.25) is 19.7 Å². The summed E-state index contributed by atoms with van der Waals surface area (Å²) in [4.78, 5) is 38.3. The van der Waals surface area contributed by atoms with Crippen LogP contribution in [0.4, 0.5) is 11.4 Å². The van der Waals surface area contributed by atoms with Crippen LogP contribution in [0.25, 0.3) is 10.9 Å². The fraction of sp³-hybridized carbons (Fsp3) is 0.200. The molecule has 9 heteroatoms. The summed E-state index contributed by atoms with van der Waals surface area (Å²) in [6.45, 7) is 3.58. The van der Waals surface area contributed by atoms with Gasteiger partial charge in [0.1, 0.15) is 5.56 Å². The number of nitrogens with zero attached hydrogens (tertiary/aromatic N) is 1. The topological polar surface area (TPSA) is 124 Å². The Kier molecular flexibility index (Phi) is 5.22. The summed E-state index contributed by atoms with van der Waals surface area (Å²) >= 11 is 0. The van der Waals surface area contributed by atoms with Crippen molar-refractivity contribution in [1.82, 2.24) is 4.98 Å². The molecule has 0 aliphatic heterocycles. The molecule has 1 heterocycles. The van der Waals surface area contributed by atoms with Crippen LogP contribution in [-0.4, -0.2) is 30.0 Å². The van der Waals surface area contributed by atoms with E-state index in [0.717, 1.165) is 17.0 Å². The number of amides is 1. The van der Waals surface area contributed by atoms with Gasteiger partial charge in [0, 0.05) is 22.7 Å². The number of H-pyrrole nitrogens is 1. The van der Waals surface area contributed by atoms with Gasteiger partial charge in [0.25, 0.3) is 17.2 Å². The smallest absolute Gasteiger partial charge is 0.286 e. The van der Waals surface area contributed by atoms with Gasteiger partial charge in [0.15, 0.2) is 11.5 Å². The summed E-state index contributed by atoms with van der Waals surface area (Å²) in [5.74, 6) is -0.356. The first kappa shape index (κ1) is 19.9. The van der Waals surface area contributed by atoms with Crippen molar-refractivity contribution >= 4 is 28.2 Å². The third-order valence-electron chi connectivity index (χ3n) is 4.78. The molecule has 2 aromatic carbocycles. The van der Waals surface area contributed by atoms with Gasteiger partial charge in [0.05, 0.1) is 30.7 Å². The van der Waals surface area contributed by atoms with Crippen molar-refractivity contribution in [2.45, 2.75) is 13.8 Å². The number of fused-ring (bicyclic) bond motifs is 1. The number of ether oxygens (including phenoxy) is 2. The van der Waals surface area contributed by atoms with E-state index in [4.69, 9.17) is 9.47 Å². The largest absolute Gasteiger partial charge is 0.493 e. The number of pyridine rings is 1. The van der Waals surface area contributed by atoms with Gasteiger partial charge in [-0.15, -0.1) is 0 Å². The lowest BCUT2D eigenvalue weighted by Crippen LogP contribution is -2.15. The Bertz CT molecular complexity index is 1200. The van der Waals surface area contributed by atoms with Crippen LogP contribution >= 0.6 is 0 Å². The lowest BCUT2D eigenvalue weighted by Gasteiger charge is -2.12. The molecule has 1 amide bonds. The first-order valence-electron chi connectivity index (χ1n) is 8.61. The number of hydrogen-bond donors (Lipinski definition) is 2. The second-order valence-corrected chi connectivity index (χ2v) is 6.40. The number of carbonyl (C=O) groups is 1. The molecular weight excluding hydrogens is 378 g/mol. The lowest BCUT2D eigenvalue weighted by atomic mass is 10.1. The summed E-state index contributed by atoms with van der Waals surface area (Å²) in [7, 11) is 2.72. The van der Waals surface area contributed by atoms with E-state index < -0.39 is 16.5 Å². The lowest BCUT2D eigenvalue weighted by molar-refractivity contribution is -0.385. The second kappa shape index (κ2) is 7.63. The monoisotopic (exact) mass is 397 g/mol. The Morgan fingerprint density at radius 1 is 1.07 bits per heavy atom. The van der Waals surface area contributed by atoms with Crippen molar-refractivity contribution in [3.05, 3.63) is 67.5 Å². The van der Waals surface area contributed by atoms with E-state index in [1.807, 2.05) is 6.92 Å². The SMILES string of the molecule is COc1cc(C(=O)Nc2ccc3c(C)c(C)c(=O)[nH]c3c2)c([N+](=O)[O-])cc1OC. The van der Waals surface area contributed by atoms with Crippen LogP contribution in [0.2, 0.25) is 0 Å². The summed E-state index contributed by atoms with van der Waals surface area (Å²) in [6, 6.07) is 7.43. The number of aromatic amines is 1. The fourth-order valence-corrected chi connectivity index (χ4v) is 3.04. The molecule has 0 atom stereocenters. The number of benzene rings is 2. The quantitative estimate of drug-likeness (QED) is 0.503. The minimum atomic E-state index is -0.691. The van der Waals surface area contributed by atoms with Crippen molar-refractivity contribution < 1.29 is 19.2 Å².